The van der Waals surface area contributed by atoms with Crippen molar-refractivity contribution in [2.45, 2.75) is 50.9 Å². The van der Waals surface area contributed by atoms with Gasteiger partial charge in [-0.05, 0) is 27.2 Å². The molecule has 0 bridgehead atoms. The van der Waals surface area contributed by atoms with E-state index in [2.05, 4.69) is 5.32 Å². The molecule has 2 atom stereocenters. The SMILES string of the molecule is CC(C)(C)OC(=O)N[C@@H]1CCO[C@@H]1C(F)(F)CO. The zero-order chi connectivity index (χ0) is 14.0. The zero-order valence-electron chi connectivity index (χ0n) is 10.7. The van der Waals surface area contributed by atoms with E-state index in [4.69, 9.17) is 14.6 Å². The molecule has 1 saturated heterocycles. The molecule has 1 aliphatic rings. The Morgan fingerprint density at radius 3 is 2.61 bits per heavy atom. The van der Waals surface area contributed by atoms with Crippen LogP contribution in [0.25, 0.3) is 0 Å². The van der Waals surface area contributed by atoms with Crippen molar-refractivity contribution < 1.29 is 28.2 Å². The van der Waals surface area contributed by atoms with E-state index in [-0.39, 0.29) is 13.0 Å². The zero-order valence-corrected chi connectivity index (χ0v) is 10.7. The smallest absolute Gasteiger partial charge is 0.407 e. The Balaban J connectivity index is 2.58. The molecule has 1 aliphatic heterocycles. The molecule has 1 amide bonds. The maximum atomic E-state index is 13.3. The van der Waals surface area contributed by atoms with Gasteiger partial charge in [0, 0.05) is 6.61 Å². The number of rotatable bonds is 3. The predicted molar refractivity (Wildman–Crippen MR) is 59.5 cm³/mol. The minimum Gasteiger partial charge on any atom is -0.444 e. The molecular weight excluding hydrogens is 248 g/mol. The average molecular weight is 267 g/mol. The summed E-state index contributed by atoms with van der Waals surface area (Å²) in [6.45, 7) is 3.83. The fraction of sp³-hybridized carbons (Fsp3) is 0.909. The van der Waals surface area contributed by atoms with Crippen molar-refractivity contribution in [1.29, 1.82) is 0 Å². The summed E-state index contributed by atoms with van der Waals surface area (Å²) < 4.78 is 36.5. The van der Waals surface area contributed by atoms with Crippen LogP contribution in [-0.2, 0) is 9.47 Å². The third kappa shape index (κ3) is 4.06. The van der Waals surface area contributed by atoms with Crippen LogP contribution in [0.4, 0.5) is 13.6 Å². The summed E-state index contributed by atoms with van der Waals surface area (Å²) in [5.74, 6) is -3.38. The van der Waals surface area contributed by atoms with Crippen molar-refractivity contribution in [2.24, 2.45) is 0 Å². The van der Waals surface area contributed by atoms with Crippen LogP contribution >= 0.6 is 0 Å². The van der Waals surface area contributed by atoms with E-state index in [1.54, 1.807) is 20.8 Å². The first-order valence-electron chi connectivity index (χ1n) is 5.75. The van der Waals surface area contributed by atoms with E-state index in [1.807, 2.05) is 0 Å². The van der Waals surface area contributed by atoms with Gasteiger partial charge >= 0.3 is 6.09 Å². The van der Waals surface area contributed by atoms with Gasteiger partial charge in [0.05, 0.1) is 6.04 Å². The highest BCUT2D eigenvalue weighted by molar-refractivity contribution is 5.68. The monoisotopic (exact) mass is 267 g/mol. The molecular formula is C11H19F2NO4. The fourth-order valence-electron chi connectivity index (χ4n) is 1.70. The summed E-state index contributed by atoms with van der Waals surface area (Å²) in [6, 6.07) is -0.859. The van der Waals surface area contributed by atoms with Crippen molar-refractivity contribution in [3.05, 3.63) is 0 Å². The summed E-state index contributed by atoms with van der Waals surface area (Å²) in [6.07, 6.45) is -2.02. The maximum Gasteiger partial charge on any atom is 0.407 e. The number of aliphatic hydroxyl groups excluding tert-OH is 1. The van der Waals surface area contributed by atoms with Gasteiger partial charge in [0.15, 0.2) is 0 Å². The van der Waals surface area contributed by atoms with E-state index in [1.165, 1.54) is 0 Å². The molecule has 106 valence electrons. The number of nitrogens with one attached hydrogen (secondary N) is 1. The number of carbonyl (C=O) groups is 1. The Hall–Kier alpha value is -0.950. The van der Waals surface area contributed by atoms with Crippen LogP contribution in [-0.4, -0.2) is 48.1 Å². The molecule has 0 aromatic carbocycles. The van der Waals surface area contributed by atoms with Gasteiger partial charge in [0.1, 0.15) is 18.3 Å². The van der Waals surface area contributed by atoms with Gasteiger partial charge < -0.3 is 19.9 Å². The summed E-state index contributed by atoms with van der Waals surface area (Å²) in [5, 5.41) is 11.0. The first kappa shape index (κ1) is 15.1. The minimum atomic E-state index is -3.38. The second-order valence-electron chi connectivity index (χ2n) is 5.25. The molecule has 0 aliphatic carbocycles. The average Bonchev–Trinajstić information content (AvgIpc) is 2.63. The van der Waals surface area contributed by atoms with Crippen LogP contribution < -0.4 is 5.32 Å². The summed E-state index contributed by atoms with van der Waals surface area (Å²) in [5.41, 5.74) is -0.696. The van der Waals surface area contributed by atoms with E-state index < -0.39 is 36.4 Å². The number of ether oxygens (including phenoxy) is 2. The quantitative estimate of drug-likeness (QED) is 0.808. The molecule has 0 unspecified atom stereocenters. The number of hydrogen-bond acceptors (Lipinski definition) is 4. The number of aliphatic hydroxyl groups is 1. The van der Waals surface area contributed by atoms with Crippen molar-refractivity contribution in [2.75, 3.05) is 13.2 Å². The Bertz CT molecular complexity index is 304. The first-order chi connectivity index (χ1) is 8.15. The summed E-state index contributed by atoms with van der Waals surface area (Å²) in [4.78, 5) is 11.5. The number of hydrogen-bond donors (Lipinski definition) is 2. The van der Waals surface area contributed by atoms with Gasteiger partial charge in [-0.3, -0.25) is 0 Å². The van der Waals surface area contributed by atoms with Gasteiger partial charge in [-0.1, -0.05) is 0 Å². The lowest BCUT2D eigenvalue weighted by Crippen LogP contribution is -2.51. The largest absolute Gasteiger partial charge is 0.444 e. The third-order valence-electron chi connectivity index (χ3n) is 2.42. The van der Waals surface area contributed by atoms with Crippen molar-refractivity contribution in [3.8, 4) is 0 Å². The lowest BCUT2D eigenvalue weighted by molar-refractivity contribution is -0.147. The highest BCUT2D eigenvalue weighted by Crippen LogP contribution is 2.29. The predicted octanol–water partition coefficient (Wildman–Crippen LogP) is 1.30. The van der Waals surface area contributed by atoms with Crippen molar-refractivity contribution in [3.63, 3.8) is 0 Å². The standard InChI is InChI=1S/C11H19F2NO4/c1-10(2,3)18-9(16)14-7-4-5-17-8(7)11(12,13)6-15/h7-8,15H,4-6H2,1-3H3,(H,14,16)/t7-,8+/m1/s1. The van der Waals surface area contributed by atoms with Crippen LogP contribution in [0.3, 0.4) is 0 Å². The normalized spacial score (nSPS) is 25.0. The molecule has 5 nitrogen and oxygen atoms in total. The van der Waals surface area contributed by atoms with Crippen LogP contribution in [0.15, 0.2) is 0 Å². The van der Waals surface area contributed by atoms with E-state index in [0.29, 0.717) is 0 Å². The number of amides is 1. The Morgan fingerprint density at radius 1 is 1.50 bits per heavy atom. The number of carbonyl (C=O) groups excluding carboxylic acids is 1. The molecule has 1 heterocycles. The molecule has 0 aromatic heterocycles. The lowest BCUT2D eigenvalue weighted by atomic mass is 10.1. The van der Waals surface area contributed by atoms with E-state index in [0.717, 1.165) is 0 Å². The first-order valence-corrected chi connectivity index (χ1v) is 5.75. The third-order valence-corrected chi connectivity index (χ3v) is 2.42. The Kier molecular flexibility index (Phi) is 4.50. The number of alkyl halides is 2. The molecule has 2 N–H and O–H groups in total. The molecule has 18 heavy (non-hydrogen) atoms. The van der Waals surface area contributed by atoms with Crippen LogP contribution in [0.1, 0.15) is 27.2 Å². The summed E-state index contributed by atoms with van der Waals surface area (Å²) >= 11 is 0. The molecule has 1 rings (SSSR count). The number of alkyl carbamates (subject to hydrolysis) is 1. The second kappa shape index (κ2) is 5.36. The van der Waals surface area contributed by atoms with Crippen LogP contribution in [0.2, 0.25) is 0 Å². The molecule has 0 radical (unpaired) electrons. The van der Waals surface area contributed by atoms with Gasteiger partial charge in [-0.25, -0.2) is 13.6 Å². The van der Waals surface area contributed by atoms with Gasteiger partial charge in [-0.2, -0.15) is 0 Å². The Morgan fingerprint density at radius 2 is 2.11 bits per heavy atom. The van der Waals surface area contributed by atoms with Crippen molar-refractivity contribution >= 4 is 6.09 Å². The molecule has 7 heteroatoms. The van der Waals surface area contributed by atoms with E-state index >= 15 is 0 Å². The molecule has 1 fully saturated rings. The van der Waals surface area contributed by atoms with E-state index in [9.17, 15) is 13.6 Å². The second-order valence-corrected chi connectivity index (χ2v) is 5.25. The molecule has 0 saturated carbocycles. The maximum absolute atomic E-state index is 13.3. The van der Waals surface area contributed by atoms with Crippen LogP contribution in [0.5, 0.6) is 0 Å². The Labute approximate surface area is 104 Å². The molecule has 0 spiro atoms. The van der Waals surface area contributed by atoms with Gasteiger partial charge in [0.2, 0.25) is 0 Å². The van der Waals surface area contributed by atoms with Gasteiger partial charge in [-0.15, -0.1) is 0 Å². The van der Waals surface area contributed by atoms with Gasteiger partial charge in [0.25, 0.3) is 5.92 Å². The minimum absolute atomic E-state index is 0.112. The molecule has 0 aromatic rings. The lowest BCUT2D eigenvalue weighted by Gasteiger charge is -2.27. The number of halogens is 2. The van der Waals surface area contributed by atoms with Crippen molar-refractivity contribution in [1.82, 2.24) is 5.32 Å². The highest BCUT2D eigenvalue weighted by atomic mass is 19.3. The topological polar surface area (TPSA) is 67.8 Å². The van der Waals surface area contributed by atoms with Crippen LogP contribution in [0, 0.1) is 0 Å². The fourth-order valence-corrected chi connectivity index (χ4v) is 1.70. The highest BCUT2D eigenvalue weighted by Gasteiger charge is 2.48. The summed E-state index contributed by atoms with van der Waals surface area (Å²) in [7, 11) is 0.